The Kier molecular flexibility index (Phi) is 6.26. The molecule has 0 aliphatic rings. The van der Waals surface area contributed by atoms with Crippen LogP contribution >= 0.6 is 0 Å². The highest BCUT2D eigenvalue weighted by Gasteiger charge is 1.94. The van der Waals surface area contributed by atoms with Crippen LogP contribution in [0.25, 0.3) is 0 Å². The summed E-state index contributed by atoms with van der Waals surface area (Å²) in [5.41, 5.74) is 0.665. The SMILES string of the molecule is CCCOCCCOc1ccc(C=O)cc1. The first-order valence-corrected chi connectivity index (χ1v) is 5.62. The summed E-state index contributed by atoms with van der Waals surface area (Å²) in [6, 6.07) is 7.10. The van der Waals surface area contributed by atoms with E-state index in [2.05, 4.69) is 6.92 Å². The zero-order valence-electron chi connectivity index (χ0n) is 9.65. The van der Waals surface area contributed by atoms with Gasteiger partial charge in [-0.3, -0.25) is 4.79 Å². The van der Waals surface area contributed by atoms with Gasteiger partial charge in [0.1, 0.15) is 12.0 Å². The number of carbonyl (C=O) groups excluding carboxylic acids is 1. The summed E-state index contributed by atoms with van der Waals surface area (Å²) in [5, 5.41) is 0. The van der Waals surface area contributed by atoms with Crippen molar-refractivity contribution in [3.63, 3.8) is 0 Å². The van der Waals surface area contributed by atoms with Gasteiger partial charge in [-0.1, -0.05) is 6.92 Å². The lowest BCUT2D eigenvalue weighted by molar-refractivity contribution is 0.112. The van der Waals surface area contributed by atoms with E-state index < -0.39 is 0 Å². The highest BCUT2D eigenvalue weighted by molar-refractivity contribution is 5.74. The minimum Gasteiger partial charge on any atom is -0.494 e. The Morgan fingerprint density at radius 3 is 2.50 bits per heavy atom. The molecule has 3 heteroatoms. The van der Waals surface area contributed by atoms with Crippen molar-refractivity contribution in [1.29, 1.82) is 0 Å². The maximum Gasteiger partial charge on any atom is 0.150 e. The summed E-state index contributed by atoms with van der Waals surface area (Å²) in [6.45, 7) is 4.28. The third-order valence-corrected chi connectivity index (χ3v) is 2.07. The van der Waals surface area contributed by atoms with Gasteiger partial charge < -0.3 is 9.47 Å². The number of aldehydes is 1. The van der Waals surface area contributed by atoms with Crippen LogP contribution in [0.15, 0.2) is 24.3 Å². The zero-order valence-corrected chi connectivity index (χ0v) is 9.65. The Morgan fingerprint density at radius 1 is 1.12 bits per heavy atom. The zero-order chi connectivity index (χ0) is 11.6. The molecule has 0 saturated heterocycles. The van der Waals surface area contributed by atoms with Crippen molar-refractivity contribution in [2.75, 3.05) is 19.8 Å². The van der Waals surface area contributed by atoms with E-state index in [0.717, 1.165) is 38.1 Å². The van der Waals surface area contributed by atoms with Gasteiger partial charge >= 0.3 is 0 Å². The fourth-order valence-corrected chi connectivity index (χ4v) is 1.24. The van der Waals surface area contributed by atoms with Crippen molar-refractivity contribution in [1.82, 2.24) is 0 Å². The van der Waals surface area contributed by atoms with E-state index in [1.54, 1.807) is 24.3 Å². The molecule has 1 aromatic carbocycles. The Balaban J connectivity index is 2.14. The minimum atomic E-state index is 0.643. The fourth-order valence-electron chi connectivity index (χ4n) is 1.24. The van der Waals surface area contributed by atoms with Crippen LogP contribution in [-0.2, 0) is 4.74 Å². The summed E-state index contributed by atoms with van der Waals surface area (Å²) < 4.78 is 10.8. The summed E-state index contributed by atoms with van der Waals surface area (Å²) in [4.78, 5) is 10.4. The lowest BCUT2D eigenvalue weighted by Crippen LogP contribution is -2.03. The number of carbonyl (C=O) groups is 1. The van der Waals surface area contributed by atoms with Crippen molar-refractivity contribution in [3.05, 3.63) is 29.8 Å². The van der Waals surface area contributed by atoms with E-state index in [1.165, 1.54) is 0 Å². The van der Waals surface area contributed by atoms with Gasteiger partial charge in [0.25, 0.3) is 0 Å². The second-order valence-corrected chi connectivity index (χ2v) is 3.50. The van der Waals surface area contributed by atoms with Gasteiger partial charge in [0.2, 0.25) is 0 Å². The van der Waals surface area contributed by atoms with Crippen LogP contribution in [0.1, 0.15) is 30.1 Å². The van der Waals surface area contributed by atoms with E-state index in [-0.39, 0.29) is 0 Å². The number of hydrogen-bond acceptors (Lipinski definition) is 3. The molecule has 16 heavy (non-hydrogen) atoms. The third-order valence-electron chi connectivity index (χ3n) is 2.07. The van der Waals surface area contributed by atoms with E-state index in [9.17, 15) is 4.79 Å². The minimum absolute atomic E-state index is 0.643. The van der Waals surface area contributed by atoms with Crippen LogP contribution in [0.4, 0.5) is 0 Å². The molecule has 0 heterocycles. The van der Waals surface area contributed by atoms with E-state index in [1.807, 2.05) is 0 Å². The second-order valence-electron chi connectivity index (χ2n) is 3.50. The Morgan fingerprint density at radius 2 is 1.88 bits per heavy atom. The molecule has 0 atom stereocenters. The van der Waals surface area contributed by atoms with Crippen molar-refractivity contribution in [2.24, 2.45) is 0 Å². The standard InChI is InChI=1S/C13H18O3/c1-2-8-15-9-3-10-16-13-6-4-12(11-14)5-7-13/h4-7,11H,2-3,8-10H2,1H3. The average molecular weight is 222 g/mol. The van der Waals surface area contributed by atoms with Crippen molar-refractivity contribution >= 4 is 6.29 Å². The maximum atomic E-state index is 10.4. The highest BCUT2D eigenvalue weighted by Crippen LogP contribution is 2.11. The summed E-state index contributed by atoms with van der Waals surface area (Å²) in [7, 11) is 0. The Labute approximate surface area is 96.4 Å². The lowest BCUT2D eigenvalue weighted by atomic mass is 10.2. The van der Waals surface area contributed by atoms with Crippen LogP contribution in [0.3, 0.4) is 0 Å². The van der Waals surface area contributed by atoms with Gasteiger partial charge in [0, 0.05) is 25.2 Å². The molecule has 0 spiro atoms. The molecule has 0 N–H and O–H groups in total. The number of ether oxygens (including phenoxy) is 2. The van der Waals surface area contributed by atoms with E-state index in [0.29, 0.717) is 12.2 Å². The molecular weight excluding hydrogens is 204 g/mol. The molecule has 1 aromatic rings. The van der Waals surface area contributed by atoms with Crippen molar-refractivity contribution < 1.29 is 14.3 Å². The van der Waals surface area contributed by atoms with Gasteiger partial charge in [-0.25, -0.2) is 0 Å². The van der Waals surface area contributed by atoms with Crippen LogP contribution in [0.5, 0.6) is 5.75 Å². The highest BCUT2D eigenvalue weighted by atomic mass is 16.5. The molecule has 0 unspecified atom stereocenters. The smallest absolute Gasteiger partial charge is 0.150 e. The summed E-state index contributed by atoms with van der Waals surface area (Å²) in [6.07, 6.45) is 2.76. The Bertz CT molecular complexity index is 293. The molecular formula is C13H18O3. The van der Waals surface area contributed by atoms with Gasteiger partial charge in [-0.05, 0) is 30.7 Å². The van der Waals surface area contributed by atoms with E-state index >= 15 is 0 Å². The fraction of sp³-hybridized carbons (Fsp3) is 0.462. The van der Waals surface area contributed by atoms with Crippen molar-refractivity contribution in [2.45, 2.75) is 19.8 Å². The largest absolute Gasteiger partial charge is 0.494 e. The monoisotopic (exact) mass is 222 g/mol. The average Bonchev–Trinajstić information content (AvgIpc) is 2.34. The molecule has 0 fully saturated rings. The molecule has 0 aliphatic carbocycles. The molecule has 0 radical (unpaired) electrons. The summed E-state index contributed by atoms with van der Waals surface area (Å²) >= 11 is 0. The molecule has 0 bridgehead atoms. The molecule has 88 valence electrons. The molecule has 0 amide bonds. The summed E-state index contributed by atoms with van der Waals surface area (Å²) in [5.74, 6) is 0.793. The Hall–Kier alpha value is -1.35. The molecule has 1 rings (SSSR count). The normalized spacial score (nSPS) is 10.1. The molecule has 3 nitrogen and oxygen atoms in total. The first kappa shape index (κ1) is 12.7. The van der Waals surface area contributed by atoms with Crippen LogP contribution in [-0.4, -0.2) is 26.1 Å². The first-order valence-electron chi connectivity index (χ1n) is 5.62. The van der Waals surface area contributed by atoms with Gasteiger partial charge in [-0.2, -0.15) is 0 Å². The predicted molar refractivity (Wildman–Crippen MR) is 63.1 cm³/mol. The van der Waals surface area contributed by atoms with Crippen LogP contribution in [0, 0.1) is 0 Å². The number of benzene rings is 1. The quantitative estimate of drug-likeness (QED) is 0.501. The second kappa shape index (κ2) is 7.88. The topological polar surface area (TPSA) is 35.5 Å². The third kappa shape index (κ3) is 4.94. The molecule has 0 aliphatic heterocycles. The lowest BCUT2D eigenvalue weighted by Gasteiger charge is -2.06. The van der Waals surface area contributed by atoms with Gasteiger partial charge in [0.05, 0.1) is 6.61 Å². The predicted octanol–water partition coefficient (Wildman–Crippen LogP) is 2.69. The maximum absolute atomic E-state index is 10.4. The van der Waals surface area contributed by atoms with Crippen molar-refractivity contribution in [3.8, 4) is 5.75 Å². The van der Waals surface area contributed by atoms with Gasteiger partial charge in [-0.15, -0.1) is 0 Å². The van der Waals surface area contributed by atoms with Crippen LogP contribution in [0.2, 0.25) is 0 Å². The molecule has 0 aromatic heterocycles. The molecule has 0 saturated carbocycles. The van der Waals surface area contributed by atoms with E-state index in [4.69, 9.17) is 9.47 Å². The van der Waals surface area contributed by atoms with Crippen LogP contribution < -0.4 is 4.74 Å². The number of rotatable bonds is 8. The van der Waals surface area contributed by atoms with Gasteiger partial charge in [0.15, 0.2) is 0 Å². The number of hydrogen-bond donors (Lipinski definition) is 0. The first-order chi connectivity index (χ1) is 7.86.